The maximum atomic E-state index is 12.1. The van der Waals surface area contributed by atoms with Gasteiger partial charge in [-0.2, -0.15) is 0 Å². The van der Waals surface area contributed by atoms with Gasteiger partial charge in [-0.05, 0) is 31.4 Å². The molecule has 122 valence electrons. The minimum Gasteiger partial charge on any atom is -0.481 e. The lowest BCUT2D eigenvalue weighted by atomic mass is 10.1. The number of pyridine rings is 1. The van der Waals surface area contributed by atoms with E-state index in [0.29, 0.717) is 24.9 Å². The molecule has 1 fully saturated rings. The SMILES string of the molecule is O=C(CCn1nc2ccccn2c1=O)N[C@@H]1CC[C@H](C(=O)O)C1. The summed E-state index contributed by atoms with van der Waals surface area (Å²) in [5.74, 6) is -1.37. The van der Waals surface area contributed by atoms with Gasteiger partial charge in [0, 0.05) is 18.7 Å². The number of carbonyl (C=O) groups is 2. The summed E-state index contributed by atoms with van der Waals surface area (Å²) < 4.78 is 2.69. The van der Waals surface area contributed by atoms with E-state index in [0.717, 1.165) is 0 Å². The lowest BCUT2D eigenvalue weighted by molar-refractivity contribution is -0.141. The highest BCUT2D eigenvalue weighted by molar-refractivity contribution is 5.76. The van der Waals surface area contributed by atoms with Crippen LogP contribution in [0.1, 0.15) is 25.7 Å². The fourth-order valence-electron chi connectivity index (χ4n) is 2.96. The fraction of sp³-hybridized carbons (Fsp3) is 0.467. The smallest absolute Gasteiger partial charge is 0.350 e. The van der Waals surface area contributed by atoms with Crippen molar-refractivity contribution >= 4 is 17.5 Å². The second-order valence-electron chi connectivity index (χ2n) is 5.80. The van der Waals surface area contributed by atoms with Crippen molar-refractivity contribution in [1.29, 1.82) is 0 Å². The molecule has 23 heavy (non-hydrogen) atoms. The van der Waals surface area contributed by atoms with Crippen molar-refractivity contribution in [3.8, 4) is 0 Å². The van der Waals surface area contributed by atoms with E-state index in [9.17, 15) is 14.4 Å². The average Bonchev–Trinajstić information content (AvgIpc) is 3.11. The molecular weight excluding hydrogens is 300 g/mol. The number of carbonyl (C=O) groups excluding carboxylic acids is 1. The molecule has 1 aliphatic carbocycles. The highest BCUT2D eigenvalue weighted by atomic mass is 16.4. The predicted octanol–water partition coefficient (Wildman–Crippen LogP) is 0.256. The topological polar surface area (TPSA) is 106 Å². The van der Waals surface area contributed by atoms with Crippen molar-refractivity contribution < 1.29 is 14.7 Å². The van der Waals surface area contributed by atoms with Crippen molar-refractivity contribution in [2.45, 2.75) is 38.3 Å². The van der Waals surface area contributed by atoms with E-state index >= 15 is 0 Å². The monoisotopic (exact) mass is 318 g/mol. The number of aryl methyl sites for hydroxylation is 1. The maximum absolute atomic E-state index is 12.1. The average molecular weight is 318 g/mol. The number of aromatic nitrogens is 3. The quantitative estimate of drug-likeness (QED) is 0.822. The highest BCUT2D eigenvalue weighted by Gasteiger charge is 2.30. The number of amides is 1. The number of rotatable bonds is 5. The molecule has 0 aliphatic heterocycles. The van der Waals surface area contributed by atoms with E-state index < -0.39 is 5.97 Å². The van der Waals surface area contributed by atoms with Gasteiger partial charge in [-0.25, -0.2) is 9.48 Å². The van der Waals surface area contributed by atoms with Crippen LogP contribution in [0.2, 0.25) is 0 Å². The van der Waals surface area contributed by atoms with Crippen LogP contribution in [0, 0.1) is 5.92 Å². The first-order valence-corrected chi connectivity index (χ1v) is 7.61. The maximum Gasteiger partial charge on any atom is 0.350 e. The second-order valence-corrected chi connectivity index (χ2v) is 5.80. The van der Waals surface area contributed by atoms with Gasteiger partial charge in [-0.1, -0.05) is 6.07 Å². The van der Waals surface area contributed by atoms with Crippen LogP contribution in [-0.4, -0.2) is 37.2 Å². The molecule has 0 spiro atoms. The van der Waals surface area contributed by atoms with Gasteiger partial charge in [-0.15, -0.1) is 5.10 Å². The van der Waals surface area contributed by atoms with Crippen molar-refractivity contribution in [3.05, 3.63) is 34.9 Å². The number of carboxylic acids is 1. The predicted molar refractivity (Wildman–Crippen MR) is 81.0 cm³/mol. The van der Waals surface area contributed by atoms with Crippen LogP contribution in [-0.2, 0) is 16.1 Å². The van der Waals surface area contributed by atoms with Crippen molar-refractivity contribution in [2.24, 2.45) is 5.92 Å². The van der Waals surface area contributed by atoms with E-state index in [2.05, 4.69) is 10.4 Å². The molecule has 2 heterocycles. The zero-order valence-electron chi connectivity index (χ0n) is 12.5. The van der Waals surface area contributed by atoms with Crippen molar-refractivity contribution in [3.63, 3.8) is 0 Å². The Morgan fingerprint density at radius 2 is 2.17 bits per heavy atom. The Bertz CT molecular complexity index is 794. The number of fused-ring (bicyclic) bond motifs is 1. The molecule has 8 nitrogen and oxygen atoms in total. The Morgan fingerprint density at radius 3 is 2.87 bits per heavy atom. The molecule has 0 aromatic carbocycles. The second kappa shape index (κ2) is 6.23. The van der Waals surface area contributed by atoms with E-state index in [1.54, 1.807) is 24.4 Å². The molecule has 8 heteroatoms. The minimum atomic E-state index is -0.807. The lowest BCUT2D eigenvalue weighted by Crippen LogP contribution is -2.34. The first-order chi connectivity index (χ1) is 11.0. The molecule has 2 aromatic rings. The van der Waals surface area contributed by atoms with Gasteiger partial charge < -0.3 is 10.4 Å². The summed E-state index contributed by atoms with van der Waals surface area (Å²) in [6.45, 7) is 0.196. The van der Waals surface area contributed by atoms with E-state index in [1.807, 2.05) is 0 Å². The molecule has 1 aliphatic rings. The molecule has 1 saturated carbocycles. The van der Waals surface area contributed by atoms with Gasteiger partial charge in [-0.3, -0.25) is 14.0 Å². The summed E-state index contributed by atoms with van der Waals surface area (Å²) in [5, 5.41) is 16.0. The van der Waals surface area contributed by atoms with Crippen molar-refractivity contribution in [2.75, 3.05) is 0 Å². The summed E-state index contributed by atoms with van der Waals surface area (Å²) in [4.78, 5) is 34.9. The number of aliphatic carboxylic acids is 1. The van der Waals surface area contributed by atoms with Crippen LogP contribution in [0.5, 0.6) is 0 Å². The summed E-state index contributed by atoms with van der Waals surface area (Å²) in [7, 11) is 0. The summed E-state index contributed by atoms with van der Waals surface area (Å²) >= 11 is 0. The molecule has 2 N–H and O–H groups in total. The molecular formula is C15H18N4O4. The molecule has 3 rings (SSSR count). The third-order valence-electron chi connectivity index (χ3n) is 4.19. The first kappa shape index (κ1) is 15.3. The van der Waals surface area contributed by atoms with Gasteiger partial charge in [0.2, 0.25) is 5.91 Å². The van der Waals surface area contributed by atoms with Gasteiger partial charge >= 0.3 is 11.7 Å². The Hall–Kier alpha value is -2.64. The third-order valence-corrected chi connectivity index (χ3v) is 4.19. The normalized spacial score (nSPS) is 20.7. The van der Waals surface area contributed by atoms with Crippen molar-refractivity contribution in [1.82, 2.24) is 19.5 Å². The fourth-order valence-corrected chi connectivity index (χ4v) is 2.96. The number of nitrogens with one attached hydrogen (secondary N) is 1. The Kier molecular flexibility index (Phi) is 4.14. The highest BCUT2D eigenvalue weighted by Crippen LogP contribution is 2.25. The van der Waals surface area contributed by atoms with Gasteiger partial charge in [0.25, 0.3) is 0 Å². The van der Waals surface area contributed by atoms with Crippen LogP contribution in [0.3, 0.4) is 0 Å². The summed E-state index contributed by atoms with van der Waals surface area (Å²) in [5.41, 5.74) is 0.262. The molecule has 2 aromatic heterocycles. The number of nitrogens with zero attached hydrogens (tertiary/aromatic N) is 3. The molecule has 0 unspecified atom stereocenters. The van der Waals surface area contributed by atoms with Crippen LogP contribution in [0.25, 0.3) is 5.65 Å². The largest absolute Gasteiger partial charge is 0.481 e. The first-order valence-electron chi connectivity index (χ1n) is 7.61. The molecule has 2 atom stereocenters. The Balaban J connectivity index is 1.55. The molecule has 0 radical (unpaired) electrons. The van der Waals surface area contributed by atoms with Gasteiger partial charge in [0.15, 0.2) is 5.65 Å². The third kappa shape index (κ3) is 3.25. The van der Waals surface area contributed by atoms with Crippen LogP contribution in [0.4, 0.5) is 0 Å². The molecule has 0 bridgehead atoms. The summed E-state index contributed by atoms with van der Waals surface area (Å²) in [6, 6.07) is 5.16. The summed E-state index contributed by atoms with van der Waals surface area (Å²) in [6.07, 6.45) is 3.50. The van der Waals surface area contributed by atoms with Gasteiger partial charge in [0.1, 0.15) is 0 Å². The number of carboxylic acid groups (broad SMARTS) is 1. The van der Waals surface area contributed by atoms with Crippen LogP contribution < -0.4 is 11.0 Å². The van der Waals surface area contributed by atoms with E-state index in [-0.39, 0.29) is 36.5 Å². The Morgan fingerprint density at radius 1 is 1.35 bits per heavy atom. The molecule has 1 amide bonds. The zero-order chi connectivity index (χ0) is 16.4. The zero-order valence-corrected chi connectivity index (χ0v) is 12.5. The number of hydrogen-bond acceptors (Lipinski definition) is 4. The Labute approximate surface area is 131 Å². The van der Waals surface area contributed by atoms with E-state index in [4.69, 9.17) is 5.11 Å². The number of hydrogen-bond donors (Lipinski definition) is 2. The minimum absolute atomic E-state index is 0.0959. The standard InChI is InChI=1S/C15H18N4O4/c20-13(16-11-5-4-10(9-11)14(21)22)6-8-19-15(23)18-7-2-1-3-12(18)17-19/h1-3,7,10-11H,4-6,8-9H2,(H,16,20)(H,21,22)/t10-,11+/m0/s1. The van der Waals surface area contributed by atoms with Crippen LogP contribution in [0.15, 0.2) is 29.2 Å². The van der Waals surface area contributed by atoms with Gasteiger partial charge in [0.05, 0.1) is 12.5 Å². The van der Waals surface area contributed by atoms with E-state index in [1.165, 1.54) is 9.08 Å². The molecule has 0 saturated heterocycles. The lowest BCUT2D eigenvalue weighted by Gasteiger charge is -2.12. The van der Waals surface area contributed by atoms with Crippen LogP contribution >= 0.6 is 0 Å².